The van der Waals surface area contributed by atoms with Gasteiger partial charge in [-0.2, -0.15) is 13.2 Å². The van der Waals surface area contributed by atoms with Gasteiger partial charge in [0.05, 0.1) is 5.56 Å². The van der Waals surface area contributed by atoms with E-state index in [1.165, 1.54) is 37.6 Å². The second-order valence-electron chi connectivity index (χ2n) is 7.22. The third-order valence-corrected chi connectivity index (χ3v) is 5.37. The minimum absolute atomic E-state index is 0.00211. The zero-order valence-corrected chi connectivity index (χ0v) is 19.6. The standard InChI is InChI=1S/C21H20F3N7O4S/c1-3-26-20(35)29-16-5-13(19-28-15(9-36-19)21(22,23)24)14(8-27-16)11-4-12(7-25-6-11)18(34)31-30-17(33)10(2)32/h4-10,32H,3H2,1-2H3,(H,30,33)(H,31,34)(H2,26,27,29,35). The number of carbonyl (C=O) groups excluding carboxylic acids is 3. The lowest BCUT2D eigenvalue weighted by Gasteiger charge is -2.12. The van der Waals surface area contributed by atoms with Crippen LogP contribution in [0.4, 0.5) is 23.8 Å². The number of aliphatic hydroxyl groups excluding tert-OH is 1. The Morgan fingerprint density at radius 3 is 2.50 bits per heavy atom. The molecule has 0 saturated heterocycles. The Balaban J connectivity index is 2.00. The number of nitrogens with zero attached hydrogens (tertiary/aromatic N) is 3. The molecule has 190 valence electrons. The van der Waals surface area contributed by atoms with Crippen LogP contribution in [0.2, 0.25) is 0 Å². The number of carbonyl (C=O) groups is 3. The highest BCUT2D eigenvalue weighted by Gasteiger charge is 2.34. The van der Waals surface area contributed by atoms with Crippen LogP contribution in [0.15, 0.2) is 36.1 Å². The summed E-state index contributed by atoms with van der Waals surface area (Å²) < 4.78 is 39.5. The highest BCUT2D eigenvalue weighted by atomic mass is 32.1. The van der Waals surface area contributed by atoms with Crippen LogP contribution >= 0.6 is 11.3 Å². The molecule has 11 nitrogen and oxygen atoms in total. The molecule has 3 aromatic heterocycles. The molecule has 3 heterocycles. The molecule has 0 radical (unpaired) electrons. The van der Waals surface area contributed by atoms with Crippen LogP contribution in [0.25, 0.3) is 21.7 Å². The van der Waals surface area contributed by atoms with E-state index in [1.807, 2.05) is 5.43 Å². The van der Waals surface area contributed by atoms with E-state index in [-0.39, 0.29) is 27.5 Å². The smallest absolute Gasteiger partial charge is 0.383 e. The van der Waals surface area contributed by atoms with Gasteiger partial charge in [-0.05, 0) is 26.0 Å². The van der Waals surface area contributed by atoms with Gasteiger partial charge in [-0.25, -0.2) is 14.8 Å². The minimum Gasteiger partial charge on any atom is -0.383 e. The Bertz CT molecular complexity index is 1280. The second-order valence-corrected chi connectivity index (χ2v) is 8.07. The molecule has 15 heteroatoms. The summed E-state index contributed by atoms with van der Waals surface area (Å²) in [6, 6.07) is 2.18. The number of halogens is 3. The van der Waals surface area contributed by atoms with Gasteiger partial charge in [-0.15, -0.1) is 11.3 Å². The van der Waals surface area contributed by atoms with Crippen molar-refractivity contribution in [1.82, 2.24) is 31.1 Å². The number of pyridine rings is 2. The number of nitrogens with one attached hydrogen (secondary N) is 4. The molecule has 3 rings (SSSR count). The maximum absolute atomic E-state index is 13.2. The molecule has 0 spiro atoms. The van der Waals surface area contributed by atoms with Crippen LogP contribution in [0, 0.1) is 0 Å². The maximum atomic E-state index is 13.2. The summed E-state index contributed by atoms with van der Waals surface area (Å²) in [5.41, 5.74) is 3.89. The summed E-state index contributed by atoms with van der Waals surface area (Å²) in [7, 11) is 0. The molecule has 4 amide bonds. The van der Waals surface area contributed by atoms with Crippen molar-refractivity contribution in [2.45, 2.75) is 26.1 Å². The number of anilines is 1. The molecule has 3 aromatic rings. The van der Waals surface area contributed by atoms with Crippen LogP contribution in [-0.2, 0) is 11.0 Å². The summed E-state index contributed by atoms with van der Waals surface area (Å²) in [5, 5.41) is 15.1. The third-order valence-electron chi connectivity index (χ3n) is 4.50. The predicted octanol–water partition coefficient (Wildman–Crippen LogP) is 2.57. The van der Waals surface area contributed by atoms with Gasteiger partial charge in [0.2, 0.25) is 0 Å². The Kier molecular flexibility index (Phi) is 8.16. The zero-order valence-electron chi connectivity index (χ0n) is 18.8. The largest absolute Gasteiger partial charge is 0.434 e. The number of thiazole rings is 1. The molecular weight excluding hydrogens is 503 g/mol. The number of aliphatic hydroxyl groups is 1. The van der Waals surface area contributed by atoms with E-state index in [9.17, 15) is 32.7 Å². The average molecular weight is 523 g/mol. The van der Waals surface area contributed by atoms with Crippen LogP contribution < -0.4 is 21.5 Å². The molecule has 5 N–H and O–H groups in total. The fourth-order valence-corrected chi connectivity index (χ4v) is 3.64. The van der Waals surface area contributed by atoms with Crippen LogP contribution in [0.5, 0.6) is 0 Å². The molecule has 0 aromatic carbocycles. The molecule has 0 bridgehead atoms. The van der Waals surface area contributed by atoms with Gasteiger partial charge >= 0.3 is 12.2 Å². The van der Waals surface area contributed by atoms with Crippen molar-refractivity contribution < 1.29 is 32.7 Å². The lowest BCUT2D eigenvalue weighted by molar-refractivity contribution is -0.140. The Labute approximate surface area is 206 Å². The van der Waals surface area contributed by atoms with Gasteiger partial charge in [0.15, 0.2) is 5.69 Å². The van der Waals surface area contributed by atoms with Crippen LogP contribution in [0.1, 0.15) is 29.9 Å². The lowest BCUT2D eigenvalue weighted by Crippen LogP contribution is -2.45. The number of hydrogen-bond acceptors (Lipinski definition) is 8. The molecule has 0 aliphatic heterocycles. The first-order valence-electron chi connectivity index (χ1n) is 10.3. The zero-order chi connectivity index (χ0) is 26.5. The van der Waals surface area contributed by atoms with Crippen LogP contribution in [-0.4, -0.2) is 50.6 Å². The van der Waals surface area contributed by atoms with Crippen molar-refractivity contribution >= 4 is 35.0 Å². The first-order valence-corrected chi connectivity index (χ1v) is 11.2. The molecule has 0 aliphatic carbocycles. The molecule has 0 aliphatic rings. The molecule has 0 saturated carbocycles. The topological polar surface area (TPSA) is 158 Å². The van der Waals surface area contributed by atoms with Gasteiger partial charge in [0, 0.05) is 47.2 Å². The first-order chi connectivity index (χ1) is 17.0. The van der Waals surface area contributed by atoms with Crippen molar-refractivity contribution in [1.29, 1.82) is 0 Å². The average Bonchev–Trinajstić information content (AvgIpc) is 3.33. The Hall–Kier alpha value is -4.11. The highest BCUT2D eigenvalue weighted by Crippen LogP contribution is 2.38. The number of amides is 4. The summed E-state index contributed by atoms with van der Waals surface area (Å²) in [6.45, 7) is 3.27. The fraction of sp³-hybridized carbons (Fsp3) is 0.238. The monoisotopic (exact) mass is 523 g/mol. The van der Waals surface area contributed by atoms with Crippen molar-refractivity contribution in [3.05, 3.63) is 47.4 Å². The van der Waals surface area contributed by atoms with Crippen molar-refractivity contribution in [3.63, 3.8) is 0 Å². The second kappa shape index (κ2) is 11.1. The third kappa shape index (κ3) is 6.51. The van der Waals surface area contributed by atoms with Crippen molar-refractivity contribution in [3.8, 4) is 21.7 Å². The van der Waals surface area contributed by atoms with E-state index in [4.69, 9.17) is 0 Å². The molecule has 0 fully saturated rings. The number of alkyl halides is 3. The van der Waals surface area contributed by atoms with Gasteiger partial charge in [0.25, 0.3) is 11.8 Å². The van der Waals surface area contributed by atoms with Gasteiger partial charge < -0.3 is 10.4 Å². The van der Waals surface area contributed by atoms with Crippen LogP contribution in [0.3, 0.4) is 0 Å². The number of hydrogen-bond donors (Lipinski definition) is 5. The van der Waals surface area contributed by atoms with Crippen molar-refractivity contribution in [2.24, 2.45) is 0 Å². The predicted molar refractivity (Wildman–Crippen MR) is 124 cm³/mol. The first kappa shape index (κ1) is 26.5. The fourth-order valence-electron chi connectivity index (χ4n) is 2.79. The number of urea groups is 1. The Morgan fingerprint density at radius 2 is 1.86 bits per heavy atom. The van der Waals surface area contributed by atoms with E-state index in [0.29, 0.717) is 12.1 Å². The number of aromatic nitrogens is 3. The van der Waals surface area contributed by atoms with Gasteiger partial charge in [-0.1, -0.05) is 0 Å². The summed E-state index contributed by atoms with van der Waals surface area (Å²) in [4.78, 5) is 47.6. The molecule has 1 atom stereocenters. The van der Waals surface area contributed by atoms with E-state index in [1.54, 1.807) is 6.92 Å². The summed E-state index contributed by atoms with van der Waals surface area (Å²) in [5.74, 6) is -1.53. The van der Waals surface area contributed by atoms with E-state index in [2.05, 4.69) is 31.0 Å². The summed E-state index contributed by atoms with van der Waals surface area (Å²) >= 11 is 0.743. The highest BCUT2D eigenvalue weighted by molar-refractivity contribution is 7.13. The van der Waals surface area contributed by atoms with E-state index in [0.717, 1.165) is 16.7 Å². The molecular formula is C21H20F3N7O4S. The minimum atomic E-state index is -4.65. The lowest BCUT2D eigenvalue weighted by atomic mass is 10.0. The maximum Gasteiger partial charge on any atom is 0.434 e. The summed E-state index contributed by atoms with van der Waals surface area (Å²) in [6.07, 6.45) is -2.13. The van der Waals surface area contributed by atoms with Crippen molar-refractivity contribution in [2.75, 3.05) is 11.9 Å². The van der Waals surface area contributed by atoms with Gasteiger partial charge in [0.1, 0.15) is 16.9 Å². The SMILES string of the molecule is CCNC(=O)Nc1cc(-c2nc(C(F)(F)F)cs2)c(-c2cncc(C(=O)NNC(=O)C(C)O)c2)cn1. The van der Waals surface area contributed by atoms with E-state index >= 15 is 0 Å². The number of hydrazine groups is 1. The van der Waals surface area contributed by atoms with Gasteiger partial charge in [-0.3, -0.25) is 30.7 Å². The molecule has 1 unspecified atom stereocenters. The quantitative estimate of drug-likeness (QED) is 0.311. The Morgan fingerprint density at radius 1 is 1.11 bits per heavy atom. The van der Waals surface area contributed by atoms with E-state index < -0.39 is 35.8 Å². The normalized spacial score (nSPS) is 11.9. The number of rotatable bonds is 6. The molecule has 36 heavy (non-hydrogen) atoms.